The Labute approximate surface area is 88.1 Å². The first-order valence-corrected chi connectivity index (χ1v) is 5.19. The van der Waals surface area contributed by atoms with E-state index in [0.717, 1.165) is 37.3 Å². The number of nitrogens with zero attached hydrogens (tertiary/aromatic N) is 2. The molecule has 76 valence electrons. The number of hydrogen-bond donors (Lipinski definition) is 2. The summed E-state index contributed by atoms with van der Waals surface area (Å²) in [5.41, 5.74) is 2.11. The van der Waals surface area contributed by atoms with Gasteiger partial charge in [0.15, 0.2) is 0 Å². The summed E-state index contributed by atoms with van der Waals surface area (Å²) in [7, 11) is 0. The Morgan fingerprint density at radius 3 is 3.14 bits per heavy atom. The van der Waals surface area contributed by atoms with Gasteiger partial charge in [-0.2, -0.15) is 0 Å². The minimum Gasteiger partial charge on any atom is -0.354 e. The van der Waals surface area contributed by atoms with Crippen LogP contribution in [0.4, 0.5) is 5.95 Å². The van der Waals surface area contributed by atoms with Gasteiger partial charge < -0.3 is 10.6 Å². The van der Waals surface area contributed by atoms with Crippen molar-refractivity contribution in [3.8, 4) is 0 Å². The summed E-state index contributed by atoms with van der Waals surface area (Å²) in [6.07, 6.45) is 0.917. The third-order valence-corrected chi connectivity index (χ3v) is 2.53. The van der Waals surface area contributed by atoms with Crippen molar-refractivity contribution in [1.29, 1.82) is 0 Å². The third-order valence-electron chi connectivity index (χ3n) is 2.22. The maximum Gasteiger partial charge on any atom is 0.224 e. The number of rotatable bonds is 2. The van der Waals surface area contributed by atoms with Crippen molar-refractivity contribution in [2.75, 3.05) is 18.4 Å². The van der Waals surface area contributed by atoms with Crippen molar-refractivity contribution < 1.29 is 0 Å². The van der Waals surface area contributed by atoms with Crippen molar-refractivity contribution >= 4 is 17.5 Å². The lowest BCUT2D eigenvalue weighted by atomic mass is 10.1. The molecular weight excluding hydrogens is 200 g/mol. The first-order chi connectivity index (χ1) is 6.81. The molecule has 2 heterocycles. The molecule has 0 unspecified atom stereocenters. The molecule has 0 atom stereocenters. The molecule has 0 amide bonds. The summed E-state index contributed by atoms with van der Waals surface area (Å²) in [6, 6.07) is 0. The molecule has 1 aromatic rings. The summed E-state index contributed by atoms with van der Waals surface area (Å²) in [5, 5.41) is 6.92. The Balaban J connectivity index is 2.36. The van der Waals surface area contributed by atoms with Gasteiger partial charge in [-0.15, -0.1) is 0 Å². The van der Waals surface area contributed by atoms with Gasteiger partial charge >= 0.3 is 0 Å². The van der Waals surface area contributed by atoms with Gasteiger partial charge in [-0.1, -0.05) is 11.6 Å². The molecule has 0 saturated heterocycles. The SMILES string of the molecule is CCNc1nc(Cl)c2c(n1)CNCC2. The monoisotopic (exact) mass is 212 g/mol. The number of fused-ring (bicyclic) bond motifs is 1. The summed E-state index contributed by atoms with van der Waals surface area (Å²) in [6.45, 7) is 4.56. The molecule has 0 spiro atoms. The Morgan fingerprint density at radius 2 is 2.36 bits per heavy atom. The maximum atomic E-state index is 6.06. The van der Waals surface area contributed by atoms with E-state index in [1.165, 1.54) is 0 Å². The Bertz CT molecular complexity index is 340. The summed E-state index contributed by atoms with van der Waals surface area (Å²) < 4.78 is 0. The largest absolute Gasteiger partial charge is 0.354 e. The van der Waals surface area contributed by atoms with Gasteiger partial charge in [0.2, 0.25) is 5.95 Å². The number of hydrogen-bond acceptors (Lipinski definition) is 4. The Morgan fingerprint density at radius 1 is 1.50 bits per heavy atom. The Hall–Kier alpha value is -0.870. The van der Waals surface area contributed by atoms with Crippen molar-refractivity contribution in [2.45, 2.75) is 19.9 Å². The molecule has 0 aliphatic carbocycles. The van der Waals surface area contributed by atoms with Crippen LogP contribution in [0.2, 0.25) is 5.15 Å². The molecule has 2 N–H and O–H groups in total. The minimum absolute atomic E-state index is 0.590. The van der Waals surface area contributed by atoms with Crippen LogP contribution in [0.3, 0.4) is 0 Å². The molecule has 1 aromatic heterocycles. The predicted octanol–water partition coefficient (Wildman–Crippen LogP) is 1.21. The van der Waals surface area contributed by atoms with Crippen molar-refractivity contribution in [1.82, 2.24) is 15.3 Å². The lowest BCUT2D eigenvalue weighted by Gasteiger charge is -2.17. The Kier molecular flexibility index (Phi) is 2.84. The zero-order chi connectivity index (χ0) is 9.97. The molecule has 0 fully saturated rings. The second-order valence-electron chi connectivity index (χ2n) is 3.22. The van der Waals surface area contributed by atoms with Crippen LogP contribution in [-0.4, -0.2) is 23.1 Å². The van der Waals surface area contributed by atoms with Crippen LogP contribution >= 0.6 is 11.6 Å². The number of anilines is 1. The van der Waals surface area contributed by atoms with Crippen LogP contribution in [0, 0.1) is 0 Å². The van der Waals surface area contributed by atoms with E-state index in [1.54, 1.807) is 0 Å². The highest BCUT2D eigenvalue weighted by Crippen LogP contribution is 2.21. The van der Waals surface area contributed by atoms with Crippen molar-refractivity contribution in [2.24, 2.45) is 0 Å². The van der Waals surface area contributed by atoms with E-state index in [4.69, 9.17) is 11.6 Å². The van der Waals surface area contributed by atoms with Gasteiger partial charge in [0.05, 0.1) is 5.69 Å². The van der Waals surface area contributed by atoms with Crippen molar-refractivity contribution in [3.05, 3.63) is 16.4 Å². The lowest BCUT2D eigenvalue weighted by molar-refractivity contribution is 0.624. The second-order valence-corrected chi connectivity index (χ2v) is 3.58. The molecule has 0 aromatic carbocycles. The molecule has 2 rings (SSSR count). The highest BCUT2D eigenvalue weighted by molar-refractivity contribution is 6.30. The average molecular weight is 213 g/mol. The van der Waals surface area contributed by atoms with Gasteiger partial charge in [0.25, 0.3) is 0 Å². The van der Waals surface area contributed by atoms with Crippen LogP contribution in [0.1, 0.15) is 18.2 Å². The van der Waals surface area contributed by atoms with E-state index in [1.807, 2.05) is 6.92 Å². The van der Waals surface area contributed by atoms with E-state index in [0.29, 0.717) is 11.1 Å². The highest BCUT2D eigenvalue weighted by Gasteiger charge is 2.15. The fourth-order valence-electron chi connectivity index (χ4n) is 1.55. The first kappa shape index (κ1) is 9.68. The van der Waals surface area contributed by atoms with Gasteiger partial charge in [-0.25, -0.2) is 9.97 Å². The third kappa shape index (κ3) is 1.81. The molecule has 5 heteroatoms. The van der Waals surface area contributed by atoms with Gasteiger partial charge in [0, 0.05) is 18.7 Å². The summed E-state index contributed by atoms with van der Waals surface area (Å²) in [5.74, 6) is 0.625. The molecule has 1 aliphatic rings. The van der Waals surface area contributed by atoms with E-state index < -0.39 is 0 Å². The van der Waals surface area contributed by atoms with Gasteiger partial charge in [-0.3, -0.25) is 0 Å². The first-order valence-electron chi connectivity index (χ1n) is 4.81. The number of aromatic nitrogens is 2. The fourth-order valence-corrected chi connectivity index (χ4v) is 1.83. The number of nitrogens with one attached hydrogen (secondary N) is 2. The van der Waals surface area contributed by atoms with Crippen LogP contribution < -0.4 is 10.6 Å². The summed E-state index contributed by atoms with van der Waals surface area (Å²) >= 11 is 6.06. The van der Waals surface area contributed by atoms with Crippen LogP contribution in [0.15, 0.2) is 0 Å². The van der Waals surface area contributed by atoms with Crippen LogP contribution in [0.5, 0.6) is 0 Å². The fraction of sp³-hybridized carbons (Fsp3) is 0.556. The highest BCUT2D eigenvalue weighted by atomic mass is 35.5. The zero-order valence-corrected chi connectivity index (χ0v) is 8.86. The molecular formula is C9H13ClN4. The van der Waals surface area contributed by atoms with Crippen LogP contribution in [0.25, 0.3) is 0 Å². The lowest BCUT2D eigenvalue weighted by Crippen LogP contribution is -2.26. The van der Waals surface area contributed by atoms with E-state index in [2.05, 4.69) is 20.6 Å². The molecule has 0 saturated carbocycles. The average Bonchev–Trinajstić information content (AvgIpc) is 2.18. The van der Waals surface area contributed by atoms with Gasteiger partial charge in [0.1, 0.15) is 5.15 Å². The van der Waals surface area contributed by atoms with Crippen molar-refractivity contribution in [3.63, 3.8) is 0 Å². The summed E-state index contributed by atoms with van der Waals surface area (Å²) in [4.78, 5) is 8.59. The zero-order valence-electron chi connectivity index (χ0n) is 8.10. The predicted molar refractivity (Wildman–Crippen MR) is 56.6 cm³/mol. The number of halogens is 1. The minimum atomic E-state index is 0.590. The standard InChI is InChI=1S/C9H13ClN4/c1-2-12-9-13-7-5-11-4-3-6(7)8(10)14-9/h11H,2-5H2,1H3,(H,12,13,14). The topological polar surface area (TPSA) is 49.8 Å². The molecule has 14 heavy (non-hydrogen) atoms. The molecule has 0 bridgehead atoms. The van der Waals surface area contributed by atoms with E-state index >= 15 is 0 Å². The second kappa shape index (κ2) is 4.11. The normalized spacial score (nSPS) is 15.0. The molecule has 4 nitrogen and oxygen atoms in total. The van der Waals surface area contributed by atoms with Crippen LogP contribution in [-0.2, 0) is 13.0 Å². The molecule has 0 radical (unpaired) electrons. The van der Waals surface area contributed by atoms with E-state index in [9.17, 15) is 0 Å². The van der Waals surface area contributed by atoms with E-state index in [-0.39, 0.29) is 0 Å². The molecule has 1 aliphatic heterocycles. The quantitative estimate of drug-likeness (QED) is 0.724. The maximum absolute atomic E-state index is 6.06. The van der Waals surface area contributed by atoms with Gasteiger partial charge in [-0.05, 0) is 19.9 Å². The smallest absolute Gasteiger partial charge is 0.224 e.